The molecule has 1 rings (SSSR count). The van der Waals surface area contributed by atoms with Crippen LogP contribution in [0.5, 0.6) is 0 Å². The average molecular weight is 312 g/mol. The van der Waals surface area contributed by atoms with Crippen LogP contribution in [0.2, 0.25) is 0 Å². The second-order valence-electron chi connectivity index (χ2n) is 6.09. The molecule has 1 unspecified atom stereocenters. The first-order chi connectivity index (χ1) is 10.3. The summed E-state index contributed by atoms with van der Waals surface area (Å²) >= 11 is 0. The van der Waals surface area contributed by atoms with E-state index in [9.17, 15) is 14.7 Å². The summed E-state index contributed by atoms with van der Waals surface area (Å²) in [7, 11) is 0. The van der Waals surface area contributed by atoms with Crippen molar-refractivity contribution >= 4 is 17.8 Å². The molecule has 126 valence electrons. The SMILES string of the molecule is CCC(CC)[C@H](NC(C)=O)C1C[C@@H](C(=O)O)C[C@H]1N=C(N)N. The number of carbonyl (C=O) groups is 2. The lowest BCUT2D eigenvalue weighted by Gasteiger charge is -2.33. The number of guanidine groups is 1. The van der Waals surface area contributed by atoms with Crippen molar-refractivity contribution in [1.82, 2.24) is 5.32 Å². The van der Waals surface area contributed by atoms with Crippen molar-refractivity contribution in [3.05, 3.63) is 0 Å². The molecule has 0 heterocycles. The van der Waals surface area contributed by atoms with Crippen molar-refractivity contribution in [2.24, 2.45) is 34.2 Å². The van der Waals surface area contributed by atoms with Gasteiger partial charge in [0.25, 0.3) is 0 Å². The molecule has 0 radical (unpaired) electrons. The van der Waals surface area contributed by atoms with Crippen molar-refractivity contribution < 1.29 is 14.7 Å². The number of carboxylic acids is 1. The molecule has 22 heavy (non-hydrogen) atoms. The maximum absolute atomic E-state index is 11.6. The molecule has 0 aromatic carbocycles. The van der Waals surface area contributed by atoms with Gasteiger partial charge in [-0.05, 0) is 18.8 Å². The van der Waals surface area contributed by atoms with Gasteiger partial charge in [-0.25, -0.2) is 4.99 Å². The van der Waals surface area contributed by atoms with Crippen LogP contribution in [0.15, 0.2) is 4.99 Å². The lowest BCUT2D eigenvalue weighted by Crippen LogP contribution is -2.47. The Morgan fingerprint density at radius 1 is 1.27 bits per heavy atom. The van der Waals surface area contributed by atoms with Crippen LogP contribution >= 0.6 is 0 Å². The minimum Gasteiger partial charge on any atom is -0.481 e. The smallest absolute Gasteiger partial charge is 0.306 e. The van der Waals surface area contributed by atoms with Crippen LogP contribution in [0, 0.1) is 17.8 Å². The van der Waals surface area contributed by atoms with Crippen LogP contribution in [0.1, 0.15) is 46.5 Å². The Labute approximate surface area is 131 Å². The number of carbonyl (C=O) groups excluding carboxylic acids is 1. The Balaban J connectivity index is 3.08. The van der Waals surface area contributed by atoms with E-state index in [4.69, 9.17) is 11.5 Å². The van der Waals surface area contributed by atoms with E-state index in [-0.39, 0.29) is 35.8 Å². The summed E-state index contributed by atoms with van der Waals surface area (Å²) in [5, 5.41) is 12.3. The minimum absolute atomic E-state index is 0.0350. The molecule has 1 aliphatic rings. The highest BCUT2D eigenvalue weighted by Gasteiger charge is 2.44. The predicted octanol–water partition coefficient (Wildman–Crippen LogP) is 0.680. The maximum Gasteiger partial charge on any atom is 0.306 e. The molecule has 0 aromatic rings. The minimum atomic E-state index is -0.829. The van der Waals surface area contributed by atoms with E-state index in [1.807, 2.05) is 0 Å². The molecule has 7 nitrogen and oxygen atoms in total. The monoisotopic (exact) mass is 312 g/mol. The summed E-state index contributed by atoms with van der Waals surface area (Å²) in [5.41, 5.74) is 11.0. The Morgan fingerprint density at radius 2 is 1.86 bits per heavy atom. The molecule has 0 aliphatic heterocycles. The third kappa shape index (κ3) is 4.61. The molecular formula is C15H28N4O3. The molecule has 6 N–H and O–H groups in total. The molecule has 1 fully saturated rings. The zero-order valence-corrected chi connectivity index (χ0v) is 13.6. The fraction of sp³-hybridized carbons (Fsp3) is 0.800. The van der Waals surface area contributed by atoms with E-state index in [1.165, 1.54) is 6.92 Å². The summed E-state index contributed by atoms with van der Waals surface area (Å²) in [6.45, 7) is 5.62. The maximum atomic E-state index is 11.6. The quantitative estimate of drug-likeness (QED) is 0.405. The Kier molecular flexibility index (Phi) is 6.64. The van der Waals surface area contributed by atoms with Gasteiger partial charge in [0.15, 0.2) is 5.96 Å². The van der Waals surface area contributed by atoms with E-state index in [1.54, 1.807) is 0 Å². The molecular weight excluding hydrogens is 284 g/mol. The van der Waals surface area contributed by atoms with Crippen molar-refractivity contribution in [2.45, 2.75) is 58.5 Å². The van der Waals surface area contributed by atoms with Gasteiger partial charge in [-0.3, -0.25) is 9.59 Å². The predicted molar refractivity (Wildman–Crippen MR) is 85.1 cm³/mol. The van der Waals surface area contributed by atoms with Crippen LogP contribution in [-0.4, -0.2) is 35.0 Å². The summed E-state index contributed by atoms with van der Waals surface area (Å²) in [4.78, 5) is 27.1. The van der Waals surface area contributed by atoms with Gasteiger partial charge in [-0.1, -0.05) is 26.7 Å². The van der Waals surface area contributed by atoms with Crippen molar-refractivity contribution in [3.8, 4) is 0 Å². The van der Waals surface area contributed by atoms with E-state index < -0.39 is 11.9 Å². The molecule has 1 saturated carbocycles. The fourth-order valence-electron chi connectivity index (χ4n) is 3.58. The molecule has 0 aromatic heterocycles. The van der Waals surface area contributed by atoms with E-state index in [2.05, 4.69) is 24.2 Å². The third-order valence-electron chi connectivity index (χ3n) is 4.63. The standard InChI is InChI=1S/C15H28N4O3/c1-4-9(5-2)13(18-8(3)20)11-6-10(14(21)22)7-12(11)19-15(16)17/h9-13H,4-7H2,1-3H3,(H,18,20)(H,21,22)(H4,16,17,19)/t10-,11?,12-,13+/m1/s1. The average Bonchev–Trinajstić information content (AvgIpc) is 2.81. The number of rotatable bonds is 7. The molecule has 0 saturated heterocycles. The largest absolute Gasteiger partial charge is 0.481 e. The van der Waals surface area contributed by atoms with Crippen LogP contribution in [0.4, 0.5) is 0 Å². The normalized spacial score (nSPS) is 25.7. The van der Waals surface area contributed by atoms with E-state index in [0.717, 1.165) is 12.8 Å². The lowest BCUT2D eigenvalue weighted by atomic mass is 9.81. The Morgan fingerprint density at radius 3 is 2.27 bits per heavy atom. The topological polar surface area (TPSA) is 131 Å². The van der Waals surface area contributed by atoms with Gasteiger partial charge in [-0.2, -0.15) is 0 Å². The van der Waals surface area contributed by atoms with Crippen LogP contribution in [0.25, 0.3) is 0 Å². The fourth-order valence-corrected chi connectivity index (χ4v) is 3.58. The summed E-state index contributed by atoms with van der Waals surface area (Å²) in [5.74, 6) is -1.23. The second-order valence-corrected chi connectivity index (χ2v) is 6.09. The lowest BCUT2D eigenvalue weighted by molar-refractivity contribution is -0.141. The van der Waals surface area contributed by atoms with Gasteiger partial charge in [-0.15, -0.1) is 0 Å². The van der Waals surface area contributed by atoms with Crippen LogP contribution in [-0.2, 0) is 9.59 Å². The third-order valence-corrected chi connectivity index (χ3v) is 4.63. The molecule has 4 atom stereocenters. The van der Waals surface area contributed by atoms with Gasteiger partial charge in [0, 0.05) is 18.9 Å². The zero-order chi connectivity index (χ0) is 16.9. The molecule has 1 aliphatic carbocycles. The number of hydrogen-bond acceptors (Lipinski definition) is 3. The van der Waals surface area contributed by atoms with Gasteiger partial charge < -0.3 is 21.9 Å². The van der Waals surface area contributed by atoms with Gasteiger partial charge in [0.2, 0.25) is 5.91 Å². The van der Waals surface area contributed by atoms with Crippen molar-refractivity contribution in [2.75, 3.05) is 0 Å². The van der Waals surface area contributed by atoms with Crippen LogP contribution < -0.4 is 16.8 Å². The van der Waals surface area contributed by atoms with Crippen LogP contribution in [0.3, 0.4) is 0 Å². The molecule has 1 amide bonds. The van der Waals surface area contributed by atoms with Crippen molar-refractivity contribution in [3.63, 3.8) is 0 Å². The highest BCUT2D eigenvalue weighted by atomic mass is 16.4. The number of aliphatic carboxylic acids is 1. The summed E-state index contributed by atoms with van der Waals surface area (Å²) in [6, 6.07) is -0.367. The summed E-state index contributed by atoms with van der Waals surface area (Å²) < 4.78 is 0. The highest BCUT2D eigenvalue weighted by molar-refractivity contribution is 5.76. The number of hydrogen-bond donors (Lipinski definition) is 4. The zero-order valence-electron chi connectivity index (χ0n) is 13.6. The van der Waals surface area contributed by atoms with Gasteiger partial charge >= 0.3 is 5.97 Å². The summed E-state index contributed by atoms with van der Waals surface area (Å²) in [6.07, 6.45) is 2.71. The number of carboxylic acid groups (broad SMARTS) is 1. The Hall–Kier alpha value is -1.79. The first-order valence-electron chi connectivity index (χ1n) is 7.88. The molecule has 7 heteroatoms. The molecule has 0 spiro atoms. The highest BCUT2D eigenvalue weighted by Crippen LogP contribution is 2.39. The number of nitrogens with two attached hydrogens (primary N) is 2. The van der Waals surface area contributed by atoms with Crippen molar-refractivity contribution in [1.29, 1.82) is 0 Å². The molecule has 0 bridgehead atoms. The number of nitrogens with zero attached hydrogens (tertiary/aromatic N) is 1. The number of amides is 1. The Bertz CT molecular complexity index is 431. The van der Waals surface area contributed by atoms with E-state index in [0.29, 0.717) is 12.8 Å². The first kappa shape index (κ1) is 18.3. The van der Waals surface area contributed by atoms with Gasteiger partial charge in [0.05, 0.1) is 12.0 Å². The second kappa shape index (κ2) is 8.00. The number of nitrogens with one attached hydrogen (secondary N) is 1. The van der Waals surface area contributed by atoms with E-state index >= 15 is 0 Å². The first-order valence-corrected chi connectivity index (χ1v) is 7.88. The van der Waals surface area contributed by atoms with Gasteiger partial charge in [0.1, 0.15) is 0 Å². The number of aliphatic imine (C=N–C) groups is 1.